The summed E-state index contributed by atoms with van der Waals surface area (Å²) in [5.41, 5.74) is -0.787. The number of fused-ring (bicyclic) bond motifs is 2. The van der Waals surface area contributed by atoms with Crippen molar-refractivity contribution < 1.29 is 28.2 Å². The summed E-state index contributed by atoms with van der Waals surface area (Å²) in [5, 5.41) is 10.2. The molecule has 4 rings (SSSR count). The van der Waals surface area contributed by atoms with Crippen molar-refractivity contribution in [1.29, 1.82) is 0 Å². The zero-order valence-electron chi connectivity index (χ0n) is 18.1. The van der Waals surface area contributed by atoms with Crippen LogP contribution in [0.25, 0.3) is 11.1 Å². The first kappa shape index (κ1) is 22.6. The minimum Gasteiger partial charge on any atom is -0.507 e. The molecule has 0 unspecified atom stereocenters. The van der Waals surface area contributed by atoms with Crippen molar-refractivity contribution in [2.75, 3.05) is 26.2 Å². The van der Waals surface area contributed by atoms with Gasteiger partial charge in [0.15, 0.2) is 11.6 Å². The molecule has 0 saturated carbocycles. The second-order valence-corrected chi connectivity index (χ2v) is 9.44. The van der Waals surface area contributed by atoms with Crippen LogP contribution in [0.5, 0.6) is 11.5 Å². The number of phenolic OH excluding ortho intramolecular Hbond substituents is 1. The second-order valence-electron chi connectivity index (χ2n) is 9.03. The number of carbonyl (C=O) groups excluding carboxylic acids is 1. The van der Waals surface area contributed by atoms with Crippen LogP contribution in [0.3, 0.4) is 0 Å². The van der Waals surface area contributed by atoms with E-state index in [0.29, 0.717) is 25.2 Å². The van der Waals surface area contributed by atoms with Gasteiger partial charge in [-0.15, -0.1) is 0 Å². The van der Waals surface area contributed by atoms with Crippen molar-refractivity contribution in [3.05, 3.63) is 46.5 Å². The van der Waals surface area contributed by atoms with E-state index in [4.69, 9.17) is 21.1 Å². The molecule has 0 spiro atoms. The van der Waals surface area contributed by atoms with Gasteiger partial charge in [0.05, 0.1) is 16.6 Å². The Balaban J connectivity index is 1.62. The van der Waals surface area contributed by atoms with Gasteiger partial charge in [0, 0.05) is 37.3 Å². The Bertz CT molecular complexity index is 1040. The third kappa shape index (κ3) is 4.34. The van der Waals surface area contributed by atoms with E-state index in [-0.39, 0.29) is 41.3 Å². The van der Waals surface area contributed by atoms with E-state index in [1.54, 1.807) is 25.7 Å². The second kappa shape index (κ2) is 8.41. The number of nitrogens with zero attached hydrogens (tertiary/aromatic N) is 2. The van der Waals surface area contributed by atoms with Crippen LogP contribution in [0.1, 0.15) is 26.3 Å². The summed E-state index contributed by atoms with van der Waals surface area (Å²) >= 11 is 6.12. The number of phenols is 1. The highest BCUT2D eigenvalue weighted by Gasteiger charge is 2.36. The molecule has 1 fully saturated rings. The Morgan fingerprint density at radius 1 is 1.25 bits per heavy atom. The van der Waals surface area contributed by atoms with Gasteiger partial charge in [0.1, 0.15) is 23.8 Å². The molecule has 2 aromatic carbocycles. The predicted molar refractivity (Wildman–Crippen MR) is 116 cm³/mol. The van der Waals surface area contributed by atoms with Crippen LogP contribution >= 0.6 is 11.6 Å². The van der Waals surface area contributed by atoms with Crippen LogP contribution in [-0.2, 0) is 11.3 Å². The average molecular weight is 467 g/mol. The molecule has 1 atom stereocenters. The van der Waals surface area contributed by atoms with Crippen LogP contribution < -0.4 is 4.74 Å². The minimum absolute atomic E-state index is 0.0294. The van der Waals surface area contributed by atoms with Crippen LogP contribution in [-0.4, -0.2) is 58.9 Å². The van der Waals surface area contributed by atoms with Crippen molar-refractivity contribution in [2.45, 2.75) is 39.0 Å². The smallest absolute Gasteiger partial charge is 0.410 e. The number of rotatable bonds is 1. The van der Waals surface area contributed by atoms with E-state index < -0.39 is 28.9 Å². The molecule has 9 heteroatoms. The summed E-state index contributed by atoms with van der Waals surface area (Å²) in [6.07, 6.45) is -0.410. The Morgan fingerprint density at radius 2 is 2.00 bits per heavy atom. The summed E-state index contributed by atoms with van der Waals surface area (Å²) in [6.45, 7) is 7.10. The van der Waals surface area contributed by atoms with Crippen molar-refractivity contribution in [3.8, 4) is 22.6 Å². The molecule has 2 heterocycles. The molecule has 32 heavy (non-hydrogen) atoms. The van der Waals surface area contributed by atoms with E-state index in [9.17, 15) is 9.90 Å². The molecule has 0 radical (unpaired) electrons. The highest BCUT2D eigenvalue weighted by molar-refractivity contribution is 6.33. The maximum absolute atomic E-state index is 15.5. The lowest BCUT2D eigenvalue weighted by atomic mass is 10.00. The quantitative estimate of drug-likeness (QED) is 0.654. The van der Waals surface area contributed by atoms with E-state index >= 15 is 8.78 Å². The Morgan fingerprint density at radius 3 is 2.69 bits per heavy atom. The Kier molecular flexibility index (Phi) is 5.94. The van der Waals surface area contributed by atoms with Gasteiger partial charge in [0.2, 0.25) is 0 Å². The number of ether oxygens (including phenoxy) is 2. The van der Waals surface area contributed by atoms with Crippen molar-refractivity contribution in [1.82, 2.24) is 9.80 Å². The zero-order valence-corrected chi connectivity index (χ0v) is 18.9. The molecule has 2 aliphatic rings. The number of piperazine rings is 1. The molecule has 0 aromatic heterocycles. The lowest BCUT2D eigenvalue weighted by Gasteiger charge is -2.40. The molecular formula is C23H25ClF2N2O4. The SMILES string of the molecule is CC(C)(C)OC(=O)N1CCN2Cc3cc(F)c(-c4c(O)cccc4Cl)c(F)c3OC[C@H]2C1. The first-order chi connectivity index (χ1) is 15.0. The minimum atomic E-state index is -0.910. The monoisotopic (exact) mass is 466 g/mol. The van der Waals surface area contributed by atoms with Gasteiger partial charge in [-0.1, -0.05) is 17.7 Å². The van der Waals surface area contributed by atoms with E-state index in [1.165, 1.54) is 24.3 Å². The molecule has 0 aliphatic carbocycles. The van der Waals surface area contributed by atoms with Crippen molar-refractivity contribution >= 4 is 17.7 Å². The molecular weight excluding hydrogens is 442 g/mol. The Labute approximate surface area is 190 Å². The molecule has 2 aromatic rings. The zero-order chi connectivity index (χ0) is 23.2. The van der Waals surface area contributed by atoms with Crippen molar-refractivity contribution in [2.24, 2.45) is 0 Å². The Hall–Kier alpha value is -2.58. The summed E-state index contributed by atoms with van der Waals surface area (Å²) in [5.74, 6) is -2.14. The van der Waals surface area contributed by atoms with Gasteiger partial charge >= 0.3 is 6.09 Å². The molecule has 1 N–H and O–H groups in total. The van der Waals surface area contributed by atoms with Crippen LogP contribution in [0.4, 0.5) is 13.6 Å². The van der Waals surface area contributed by atoms with Gasteiger partial charge in [-0.05, 0) is 39.0 Å². The molecule has 172 valence electrons. The average Bonchev–Trinajstić information content (AvgIpc) is 2.87. The fraction of sp³-hybridized carbons (Fsp3) is 0.435. The maximum atomic E-state index is 15.5. The lowest BCUT2D eigenvalue weighted by molar-refractivity contribution is -0.00164. The molecule has 2 aliphatic heterocycles. The number of halogens is 3. The van der Waals surface area contributed by atoms with Crippen LogP contribution in [0, 0.1) is 11.6 Å². The largest absolute Gasteiger partial charge is 0.507 e. The fourth-order valence-corrected chi connectivity index (χ4v) is 4.33. The van der Waals surface area contributed by atoms with Crippen molar-refractivity contribution in [3.63, 3.8) is 0 Å². The number of aromatic hydroxyl groups is 1. The summed E-state index contributed by atoms with van der Waals surface area (Å²) in [6, 6.07) is 5.28. The van der Waals surface area contributed by atoms with Gasteiger partial charge in [-0.2, -0.15) is 0 Å². The molecule has 1 amide bonds. The van der Waals surface area contributed by atoms with E-state index in [0.717, 1.165) is 0 Å². The molecule has 6 nitrogen and oxygen atoms in total. The fourth-order valence-electron chi connectivity index (χ4n) is 4.06. The highest BCUT2D eigenvalue weighted by atomic mass is 35.5. The predicted octanol–water partition coefficient (Wildman–Crippen LogP) is 4.80. The standard InChI is InChI=1S/C23H25ClF2N2O4/c1-23(2,3)32-22(30)28-8-7-27-10-13-9-16(25)19(18-15(24)5-4-6-17(18)29)20(26)21(13)31-12-14(27)11-28/h4-6,9,14,29H,7-8,10-12H2,1-3H3/t14-/m1/s1. The summed E-state index contributed by atoms with van der Waals surface area (Å²) in [7, 11) is 0. The third-order valence-electron chi connectivity index (χ3n) is 5.54. The topological polar surface area (TPSA) is 62.2 Å². The summed E-state index contributed by atoms with van der Waals surface area (Å²) < 4.78 is 41.7. The number of carbonyl (C=O) groups is 1. The van der Waals surface area contributed by atoms with Gasteiger partial charge in [-0.25, -0.2) is 13.6 Å². The summed E-state index contributed by atoms with van der Waals surface area (Å²) in [4.78, 5) is 16.1. The molecule has 1 saturated heterocycles. The number of hydrogen-bond donors (Lipinski definition) is 1. The van der Waals surface area contributed by atoms with Crippen LogP contribution in [0.15, 0.2) is 24.3 Å². The van der Waals surface area contributed by atoms with Crippen LogP contribution in [0.2, 0.25) is 5.02 Å². The highest BCUT2D eigenvalue weighted by Crippen LogP contribution is 2.43. The number of hydrogen-bond acceptors (Lipinski definition) is 5. The number of amides is 1. The van der Waals surface area contributed by atoms with E-state index in [1.807, 2.05) is 4.90 Å². The van der Waals surface area contributed by atoms with Gasteiger partial charge in [-0.3, -0.25) is 4.90 Å². The normalized spacial score (nSPS) is 18.9. The first-order valence-electron chi connectivity index (χ1n) is 10.4. The lowest BCUT2D eigenvalue weighted by Crippen LogP contribution is -2.56. The number of benzene rings is 2. The third-order valence-corrected chi connectivity index (χ3v) is 5.86. The van der Waals surface area contributed by atoms with Gasteiger partial charge < -0.3 is 19.5 Å². The first-order valence-corrected chi connectivity index (χ1v) is 10.8. The maximum Gasteiger partial charge on any atom is 0.410 e. The molecule has 0 bridgehead atoms. The van der Waals surface area contributed by atoms with E-state index in [2.05, 4.69) is 0 Å². The van der Waals surface area contributed by atoms with Gasteiger partial charge in [0.25, 0.3) is 0 Å².